The number of nitrogens with zero attached hydrogens (tertiary/aromatic N) is 3. The molecular formula is C14H11N3O2. The predicted octanol–water partition coefficient (Wildman–Crippen LogP) is 3.41. The number of benzene rings is 1. The first-order chi connectivity index (χ1) is 9.33. The van der Waals surface area contributed by atoms with Gasteiger partial charge in [-0.1, -0.05) is 6.07 Å². The molecule has 5 nitrogen and oxygen atoms in total. The maximum atomic E-state index is 11.1. The van der Waals surface area contributed by atoms with Crippen LogP contribution in [0, 0.1) is 4.91 Å². The van der Waals surface area contributed by atoms with Crippen LogP contribution in [0.25, 0.3) is 16.9 Å². The Hall–Kier alpha value is -2.69. The summed E-state index contributed by atoms with van der Waals surface area (Å²) in [7, 11) is 1.61. The van der Waals surface area contributed by atoms with Gasteiger partial charge in [-0.25, -0.2) is 4.98 Å². The summed E-state index contributed by atoms with van der Waals surface area (Å²) in [6.07, 6.45) is 1.77. The summed E-state index contributed by atoms with van der Waals surface area (Å²) < 4.78 is 6.78. The lowest BCUT2D eigenvalue weighted by Crippen LogP contribution is -1.83. The van der Waals surface area contributed by atoms with Crippen LogP contribution in [0.3, 0.4) is 0 Å². The fraction of sp³-hybridized carbons (Fsp3) is 0.0714. The first kappa shape index (κ1) is 11.4. The van der Waals surface area contributed by atoms with E-state index in [2.05, 4.69) is 10.2 Å². The number of hydrogen-bond donors (Lipinski definition) is 0. The highest BCUT2D eigenvalue weighted by Crippen LogP contribution is 2.31. The van der Waals surface area contributed by atoms with Gasteiger partial charge in [-0.2, -0.15) is 0 Å². The van der Waals surface area contributed by atoms with Crippen molar-refractivity contribution < 1.29 is 4.74 Å². The van der Waals surface area contributed by atoms with Gasteiger partial charge in [-0.3, -0.25) is 4.40 Å². The third-order valence-electron chi connectivity index (χ3n) is 2.95. The lowest BCUT2D eigenvalue weighted by molar-refractivity contribution is 0.415. The van der Waals surface area contributed by atoms with Crippen molar-refractivity contribution in [3.63, 3.8) is 0 Å². The molecule has 0 fully saturated rings. The zero-order valence-electron chi connectivity index (χ0n) is 10.3. The fourth-order valence-electron chi connectivity index (χ4n) is 2.01. The first-order valence-electron chi connectivity index (χ1n) is 5.78. The van der Waals surface area contributed by atoms with Gasteiger partial charge < -0.3 is 4.74 Å². The molecule has 0 aliphatic carbocycles. The van der Waals surface area contributed by atoms with Gasteiger partial charge in [0, 0.05) is 11.8 Å². The minimum atomic E-state index is 0.306. The monoisotopic (exact) mass is 253 g/mol. The van der Waals surface area contributed by atoms with Crippen LogP contribution < -0.4 is 4.74 Å². The molecule has 3 aromatic rings. The van der Waals surface area contributed by atoms with Crippen LogP contribution in [0.15, 0.2) is 53.8 Å². The van der Waals surface area contributed by atoms with Crippen LogP contribution in [-0.2, 0) is 0 Å². The molecule has 1 aromatic carbocycles. The zero-order valence-corrected chi connectivity index (χ0v) is 10.3. The molecule has 19 heavy (non-hydrogen) atoms. The Balaban J connectivity index is 2.20. The van der Waals surface area contributed by atoms with Crippen LogP contribution in [-0.4, -0.2) is 16.5 Å². The second kappa shape index (κ2) is 4.53. The largest absolute Gasteiger partial charge is 0.497 e. The minimum absolute atomic E-state index is 0.306. The second-order valence-corrected chi connectivity index (χ2v) is 4.03. The van der Waals surface area contributed by atoms with Crippen molar-refractivity contribution in [1.29, 1.82) is 0 Å². The van der Waals surface area contributed by atoms with Crippen molar-refractivity contribution in [2.45, 2.75) is 0 Å². The molecule has 5 heteroatoms. The normalized spacial score (nSPS) is 10.6. The maximum Gasteiger partial charge on any atom is 0.209 e. The van der Waals surface area contributed by atoms with E-state index in [0.717, 1.165) is 11.3 Å². The number of methoxy groups -OCH3 is 1. The molecule has 0 unspecified atom stereocenters. The Labute approximate surface area is 109 Å². The number of imidazole rings is 1. The van der Waals surface area contributed by atoms with Gasteiger partial charge in [0.15, 0.2) is 0 Å². The summed E-state index contributed by atoms with van der Waals surface area (Å²) in [5, 5.41) is 3.10. The van der Waals surface area contributed by atoms with Gasteiger partial charge in [0.2, 0.25) is 5.82 Å². The van der Waals surface area contributed by atoms with Gasteiger partial charge in [0.1, 0.15) is 17.1 Å². The highest BCUT2D eigenvalue weighted by atomic mass is 16.5. The second-order valence-electron chi connectivity index (χ2n) is 4.03. The van der Waals surface area contributed by atoms with E-state index in [1.165, 1.54) is 0 Å². The van der Waals surface area contributed by atoms with Crippen molar-refractivity contribution in [3.05, 3.63) is 53.6 Å². The Kier molecular flexibility index (Phi) is 2.72. The highest BCUT2D eigenvalue weighted by molar-refractivity contribution is 5.74. The average Bonchev–Trinajstić information content (AvgIpc) is 2.85. The van der Waals surface area contributed by atoms with E-state index in [1.54, 1.807) is 17.7 Å². The molecule has 2 heterocycles. The standard InChI is InChI=1S/C14H11N3O2/c1-19-11-7-5-10(6-8-11)13-14(16-18)17-9-3-2-4-12(17)15-13/h2-9H,1H3. The molecule has 0 N–H and O–H groups in total. The number of fused-ring (bicyclic) bond motifs is 1. The molecule has 0 radical (unpaired) electrons. The van der Waals surface area contributed by atoms with Crippen LogP contribution in [0.4, 0.5) is 5.82 Å². The molecule has 0 aliphatic rings. The van der Waals surface area contributed by atoms with Crippen molar-refractivity contribution >= 4 is 11.5 Å². The molecule has 0 amide bonds. The van der Waals surface area contributed by atoms with Crippen LogP contribution in [0.5, 0.6) is 5.75 Å². The van der Waals surface area contributed by atoms with E-state index >= 15 is 0 Å². The number of ether oxygens (including phenoxy) is 1. The molecular weight excluding hydrogens is 242 g/mol. The molecule has 0 aliphatic heterocycles. The molecule has 94 valence electrons. The number of aromatic nitrogens is 2. The molecule has 0 bridgehead atoms. The van der Waals surface area contributed by atoms with Gasteiger partial charge in [0.25, 0.3) is 0 Å². The maximum absolute atomic E-state index is 11.1. The average molecular weight is 253 g/mol. The number of hydrogen-bond acceptors (Lipinski definition) is 4. The lowest BCUT2D eigenvalue weighted by atomic mass is 10.1. The van der Waals surface area contributed by atoms with Gasteiger partial charge >= 0.3 is 0 Å². The third-order valence-corrected chi connectivity index (χ3v) is 2.95. The lowest BCUT2D eigenvalue weighted by Gasteiger charge is -2.01. The summed E-state index contributed by atoms with van der Waals surface area (Å²) in [6, 6.07) is 12.9. The molecule has 0 spiro atoms. The first-order valence-corrected chi connectivity index (χ1v) is 5.78. The smallest absolute Gasteiger partial charge is 0.209 e. The van der Waals surface area contributed by atoms with E-state index in [4.69, 9.17) is 4.74 Å². The van der Waals surface area contributed by atoms with Crippen molar-refractivity contribution in [3.8, 4) is 17.0 Å². The SMILES string of the molecule is COc1ccc(-c2nc3ccccn3c2N=O)cc1. The summed E-state index contributed by atoms with van der Waals surface area (Å²) in [4.78, 5) is 15.5. The molecule has 0 saturated heterocycles. The van der Waals surface area contributed by atoms with Crippen molar-refractivity contribution in [1.82, 2.24) is 9.38 Å². The minimum Gasteiger partial charge on any atom is -0.497 e. The van der Waals surface area contributed by atoms with E-state index in [9.17, 15) is 4.91 Å². The van der Waals surface area contributed by atoms with E-state index in [1.807, 2.05) is 42.5 Å². The molecule has 0 atom stereocenters. The summed E-state index contributed by atoms with van der Waals surface area (Å²) in [6.45, 7) is 0. The van der Waals surface area contributed by atoms with Gasteiger partial charge in [-0.05, 0) is 41.6 Å². The summed E-state index contributed by atoms with van der Waals surface area (Å²) >= 11 is 0. The highest BCUT2D eigenvalue weighted by Gasteiger charge is 2.14. The summed E-state index contributed by atoms with van der Waals surface area (Å²) in [5.74, 6) is 1.06. The summed E-state index contributed by atoms with van der Waals surface area (Å²) in [5.41, 5.74) is 2.10. The molecule has 2 aromatic heterocycles. The Morgan fingerprint density at radius 2 is 1.95 bits per heavy atom. The Bertz CT molecular complexity index is 732. The topological polar surface area (TPSA) is 56.0 Å². The number of rotatable bonds is 3. The van der Waals surface area contributed by atoms with Crippen LogP contribution in [0.2, 0.25) is 0 Å². The molecule has 3 rings (SSSR count). The molecule has 0 saturated carbocycles. The van der Waals surface area contributed by atoms with Crippen molar-refractivity contribution in [2.24, 2.45) is 5.18 Å². The number of pyridine rings is 1. The quantitative estimate of drug-likeness (QED) is 0.672. The van der Waals surface area contributed by atoms with Crippen LogP contribution >= 0.6 is 0 Å². The van der Waals surface area contributed by atoms with Gasteiger partial charge in [-0.15, -0.1) is 4.91 Å². The van der Waals surface area contributed by atoms with Gasteiger partial charge in [0.05, 0.1) is 7.11 Å². The Morgan fingerprint density at radius 3 is 2.63 bits per heavy atom. The van der Waals surface area contributed by atoms with E-state index in [-0.39, 0.29) is 0 Å². The number of nitroso groups, excluding NO2 is 1. The predicted molar refractivity (Wildman–Crippen MR) is 72.6 cm³/mol. The third kappa shape index (κ3) is 1.85. The van der Waals surface area contributed by atoms with Crippen molar-refractivity contribution in [2.75, 3.05) is 7.11 Å². The zero-order chi connectivity index (χ0) is 13.2. The van der Waals surface area contributed by atoms with E-state index < -0.39 is 0 Å². The Morgan fingerprint density at radius 1 is 1.16 bits per heavy atom. The fourth-order valence-corrected chi connectivity index (χ4v) is 2.01. The van der Waals surface area contributed by atoms with E-state index in [0.29, 0.717) is 17.2 Å². The van der Waals surface area contributed by atoms with Crippen LogP contribution in [0.1, 0.15) is 0 Å².